The second-order valence-electron chi connectivity index (χ2n) is 8.52. The number of nitrogens with zero attached hydrogens (tertiary/aromatic N) is 2. The summed E-state index contributed by atoms with van der Waals surface area (Å²) in [6.07, 6.45) is 1.84. The van der Waals surface area contributed by atoms with Gasteiger partial charge in [0, 0.05) is 30.7 Å². The third kappa shape index (κ3) is 6.07. The molecule has 172 valence electrons. The number of hydrogen-bond donors (Lipinski definition) is 2. The highest BCUT2D eigenvalue weighted by Gasteiger charge is 2.22. The minimum atomic E-state index is -0.918. The predicted octanol–water partition coefficient (Wildman–Crippen LogP) is 5.46. The zero-order valence-electron chi connectivity index (χ0n) is 18.1. The third-order valence-electron chi connectivity index (χ3n) is 4.74. The van der Waals surface area contributed by atoms with Crippen molar-refractivity contribution in [3.63, 3.8) is 0 Å². The molecule has 2 heterocycles. The van der Waals surface area contributed by atoms with Gasteiger partial charge in [0.05, 0.1) is 21.8 Å². The van der Waals surface area contributed by atoms with Crippen molar-refractivity contribution in [1.29, 1.82) is 0 Å². The molecule has 0 unspecified atom stereocenters. The van der Waals surface area contributed by atoms with Gasteiger partial charge in [-0.15, -0.1) is 11.3 Å². The fourth-order valence-corrected chi connectivity index (χ4v) is 4.62. The molecule has 3 aromatic rings. The summed E-state index contributed by atoms with van der Waals surface area (Å²) in [7, 11) is 1.74. The summed E-state index contributed by atoms with van der Waals surface area (Å²) in [5, 5.41) is 10.9. The number of halogens is 4. The first kappa shape index (κ1) is 24.6. The van der Waals surface area contributed by atoms with Crippen LogP contribution in [0, 0.1) is 11.6 Å². The molecule has 0 aliphatic heterocycles. The van der Waals surface area contributed by atoms with Crippen molar-refractivity contribution >= 4 is 40.4 Å². The number of aryl methyl sites for hydroxylation is 1. The van der Waals surface area contributed by atoms with Gasteiger partial charge in [-0.3, -0.25) is 9.48 Å². The molecule has 0 bridgehead atoms. The van der Waals surface area contributed by atoms with Crippen LogP contribution >= 0.6 is 34.5 Å². The lowest BCUT2D eigenvalue weighted by Gasteiger charge is -2.26. The second-order valence-corrected chi connectivity index (χ2v) is 10.6. The van der Waals surface area contributed by atoms with Crippen LogP contribution in [0.4, 0.5) is 8.78 Å². The van der Waals surface area contributed by atoms with E-state index in [9.17, 15) is 13.6 Å². The van der Waals surface area contributed by atoms with Crippen molar-refractivity contribution < 1.29 is 13.6 Å². The van der Waals surface area contributed by atoms with E-state index in [4.69, 9.17) is 23.2 Å². The Hall–Kier alpha value is -2.00. The Morgan fingerprint density at radius 3 is 2.53 bits per heavy atom. The lowest BCUT2D eigenvalue weighted by molar-refractivity contribution is 0.0938. The zero-order chi connectivity index (χ0) is 23.6. The first-order chi connectivity index (χ1) is 14.9. The van der Waals surface area contributed by atoms with Crippen LogP contribution in [0.1, 0.15) is 36.0 Å². The van der Waals surface area contributed by atoms with Gasteiger partial charge in [-0.2, -0.15) is 5.10 Å². The highest BCUT2D eigenvalue weighted by atomic mass is 35.5. The van der Waals surface area contributed by atoms with E-state index < -0.39 is 11.6 Å². The van der Waals surface area contributed by atoms with Gasteiger partial charge in [0.25, 0.3) is 5.91 Å². The van der Waals surface area contributed by atoms with Crippen molar-refractivity contribution in [2.75, 3.05) is 6.54 Å². The van der Waals surface area contributed by atoms with Gasteiger partial charge in [-0.1, -0.05) is 29.3 Å². The van der Waals surface area contributed by atoms with Crippen molar-refractivity contribution in [2.24, 2.45) is 7.05 Å². The normalized spacial score (nSPS) is 12.8. The Labute approximate surface area is 199 Å². The molecule has 0 aliphatic carbocycles. The van der Waals surface area contributed by atoms with Crippen LogP contribution in [-0.2, 0) is 13.5 Å². The van der Waals surface area contributed by atoms with Gasteiger partial charge >= 0.3 is 0 Å². The molecule has 0 saturated heterocycles. The summed E-state index contributed by atoms with van der Waals surface area (Å²) in [6, 6.07) is 5.06. The molecule has 1 amide bonds. The van der Waals surface area contributed by atoms with Crippen LogP contribution < -0.4 is 10.6 Å². The van der Waals surface area contributed by atoms with Crippen molar-refractivity contribution in [3.05, 3.63) is 61.9 Å². The number of aromatic nitrogens is 2. The minimum Gasteiger partial charge on any atom is -0.347 e. The van der Waals surface area contributed by atoms with E-state index in [0.717, 1.165) is 23.5 Å². The van der Waals surface area contributed by atoms with Crippen LogP contribution in [0.15, 0.2) is 30.5 Å². The predicted molar refractivity (Wildman–Crippen MR) is 126 cm³/mol. The summed E-state index contributed by atoms with van der Waals surface area (Å²) < 4.78 is 29.0. The lowest BCUT2D eigenvalue weighted by Crippen LogP contribution is -2.48. The molecule has 0 saturated carbocycles. The molecular formula is C22H24Cl2F2N4OS. The number of carbonyl (C=O) groups is 1. The lowest BCUT2D eigenvalue weighted by atomic mass is 10.0. The van der Waals surface area contributed by atoms with Crippen molar-refractivity contribution in [2.45, 2.75) is 38.8 Å². The fraction of sp³-hybridized carbons (Fsp3) is 0.364. The smallest absolute Gasteiger partial charge is 0.261 e. The van der Waals surface area contributed by atoms with Gasteiger partial charge in [0.15, 0.2) is 11.6 Å². The first-order valence-corrected chi connectivity index (χ1v) is 11.5. The molecular weight excluding hydrogens is 477 g/mol. The van der Waals surface area contributed by atoms with E-state index >= 15 is 0 Å². The molecule has 0 radical (unpaired) electrons. The summed E-state index contributed by atoms with van der Waals surface area (Å²) in [4.78, 5) is 13.4. The largest absolute Gasteiger partial charge is 0.347 e. The highest BCUT2D eigenvalue weighted by Crippen LogP contribution is 2.38. The average molecular weight is 501 g/mol. The average Bonchev–Trinajstić information content (AvgIpc) is 3.23. The van der Waals surface area contributed by atoms with Crippen LogP contribution in [0.2, 0.25) is 9.36 Å². The Bertz CT molecular complexity index is 1100. The van der Waals surface area contributed by atoms with E-state index in [2.05, 4.69) is 15.7 Å². The topological polar surface area (TPSA) is 59.0 Å². The number of carbonyl (C=O) groups excluding carboxylic acids is 1. The summed E-state index contributed by atoms with van der Waals surface area (Å²) in [5.74, 6) is -2.14. The fourth-order valence-electron chi connectivity index (χ4n) is 3.17. The van der Waals surface area contributed by atoms with E-state index in [1.165, 1.54) is 12.3 Å². The van der Waals surface area contributed by atoms with Crippen molar-refractivity contribution in [1.82, 2.24) is 20.4 Å². The molecule has 0 spiro atoms. The van der Waals surface area contributed by atoms with Gasteiger partial charge in [0.1, 0.15) is 4.34 Å². The van der Waals surface area contributed by atoms with E-state index in [0.29, 0.717) is 44.0 Å². The van der Waals surface area contributed by atoms with Crippen molar-refractivity contribution in [3.8, 4) is 11.3 Å². The monoisotopic (exact) mass is 500 g/mol. The molecule has 32 heavy (non-hydrogen) atoms. The summed E-state index contributed by atoms with van der Waals surface area (Å²) in [6.45, 7) is 6.46. The van der Waals surface area contributed by atoms with Gasteiger partial charge in [-0.25, -0.2) is 8.78 Å². The molecule has 10 heteroatoms. The molecule has 5 nitrogen and oxygen atoms in total. The zero-order valence-corrected chi connectivity index (χ0v) is 20.4. The maximum Gasteiger partial charge on any atom is 0.261 e. The van der Waals surface area contributed by atoms with Gasteiger partial charge in [0.2, 0.25) is 0 Å². The molecule has 3 rings (SSSR count). The number of nitrogens with one attached hydrogen (secondary N) is 2. The molecule has 1 aromatic carbocycles. The minimum absolute atomic E-state index is 0.188. The number of rotatable bonds is 7. The molecule has 2 aromatic heterocycles. The SMILES string of the molecule is Cn1ncc(Cl)c1-c1cc(C(=O)N[C@H](CNC(C)(C)C)Cc2ccc(F)c(F)c2)sc1Cl. The molecule has 0 fully saturated rings. The Morgan fingerprint density at radius 1 is 1.22 bits per heavy atom. The molecule has 1 atom stereocenters. The van der Waals surface area contributed by atoms with E-state index in [1.54, 1.807) is 17.8 Å². The van der Waals surface area contributed by atoms with Crippen LogP contribution in [0.25, 0.3) is 11.3 Å². The van der Waals surface area contributed by atoms with Crippen LogP contribution in [0.3, 0.4) is 0 Å². The number of amides is 1. The first-order valence-electron chi connectivity index (χ1n) is 9.91. The van der Waals surface area contributed by atoms with Gasteiger partial charge in [-0.05, 0) is 51.0 Å². The number of thiophene rings is 1. The van der Waals surface area contributed by atoms with Gasteiger partial charge < -0.3 is 10.6 Å². The van der Waals surface area contributed by atoms with Crippen LogP contribution in [0.5, 0.6) is 0 Å². The maximum absolute atomic E-state index is 13.7. The summed E-state index contributed by atoms with van der Waals surface area (Å²) >= 11 is 13.8. The quantitative estimate of drug-likeness (QED) is 0.452. The maximum atomic E-state index is 13.7. The summed E-state index contributed by atoms with van der Waals surface area (Å²) in [5.41, 5.74) is 1.64. The molecule has 2 N–H and O–H groups in total. The molecule has 0 aliphatic rings. The Kier molecular flexibility index (Phi) is 7.60. The van der Waals surface area contributed by atoms with Crippen LogP contribution in [-0.4, -0.2) is 33.8 Å². The second kappa shape index (κ2) is 9.87. The standard InChI is InChI=1S/C22H24Cl2F2N4OS/c1-22(2,3)27-10-13(7-12-5-6-16(25)17(26)8-12)29-21(31)18-9-14(20(24)32-18)19-15(23)11-28-30(19)4/h5-6,8-9,11,13,27H,7,10H2,1-4H3,(H,29,31)/t13-/m0/s1. The highest BCUT2D eigenvalue weighted by molar-refractivity contribution is 7.18. The Morgan fingerprint density at radius 2 is 1.94 bits per heavy atom. The third-order valence-corrected chi connectivity index (χ3v) is 6.37. The number of benzene rings is 1. The van der Waals surface area contributed by atoms with E-state index in [1.807, 2.05) is 20.8 Å². The number of hydrogen-bond acceptors (Lipinski definition) is 4. The Balaban J connectivity index is 1.81. The van der Waals surface area contributed by atoms with E-state index in [-0.39, 0.29) is 17.5 Å².